The van der Waals surface area contributed by atoms with Crippen molar-refractivity contribution in [3.63, 3.8) is 0 Å². The minimum atomic E-state index is 0.832. The molecule has 2 rings (SSSR count). The molecule has 0 aliphatic heterocycles. The van der Waals surface area contributed by atoms with Crippen molar-refractivity contribution in [3.05, 3.63) is 42.5 Å². The molecule has 1 N–H and O–H groups in total. The first kappa shape index (κ1) is 9.73. The standard InChI is InChI=1S/C11H9N3S/c12-13-14(8-15)11-7-3-5-9-4-1-2-6-10(9)11/h1-8,12H. The van der Waals surface area contributed by atoms with Crippen molar-refractivity contribution in [1.29, 1.82) is 5.53 Å². The van der Waals surface area contributed by atoms with Crippen molar-refractivity contribution >= 4 is 34.2 Å². The van der Waals surface area contributed by atoms with Crippen molar-refractivity contribution in [3.8, 4) is 0 Å². The molecule has 2 aromatic rings. The molecule has 0 radical (unpaired) electrons. The number of benzene rings is 2. The zero-order valence-corrected chi connectivity index (χ0v) is 8.74. The topological polar surface area (TPSA) is 39.5 Å². The van der Waals surface area contributed by atoms with Crippen LogP contribution in [0, 0.1) is 5.53 Å². The van der Waals surface area contributed by atoms with Crippen LogP contribution in [0.25, 0.3) is 10.8 Å². The van der Waals surface area contributed by atoms with Gasteiger partial charge in [-0.2, -0.15) is 5.53 Å². The molecule has 3 nitrogen and oxygen atoms in total. The van der Waals surface area contributed by atoms with Gasteiger partial charge < -0.3 is 0 Å². The Labute approximate surface area is 92.8 Å². The summed E-state index contributed by atoms with van der Waals surface area (Å²) in [6.45, 7) is 0. The molecule has 0 heterocycles. The maximum Gasteiger partial charge on any atom is 0.0937 e. The normalized spacial score (nSPS) is 9.87. The fraction of sp³-hybridized carbons (Fsp3) is 0. The van der Waals surface area contributed by atoms with Gasteiger partial charge in [0.05, 0.1) is 11.2 Å². The summed E-state index contributed by atoms with van der Waals surface area (Å²) in [5, 5.41) is 6.87. The summed E-state index contributed by atoms with van der Waals surface area (Å²) in [4.78, 5) is 0. The highest BCUT2D eigenvalue weighted by Gasteiger charge is 2.05. The third-order valence-electron chi connectivity index (χ3n) is 2.22. The number of anilines is 1. The Hall–Kier alpha value is -1.81. The fourth-order valence-corrected chi connectivity index (χ4v) is 1.70. The van der Waals surface area contributed by atoms with Crippen molar-refractivity contribution in [2.75, 3.05) is 5.01 Å². The summed E-state index contributed by atoms with van der Waals surface area (Å²) in [6, 6.07) is 13.8. The van der Waals surface area contributed by atoms with Gasteiger partial charge in [0.1, 0.15) is 0 Å². The number of fused-ring (bicyclic) bond motifs is 1. The van der Waals surface area contributed by atoms with E-state index in [2.05, 4.69) is 5.22 Å². The Bertz CT molecular complexity index is 497. The van der Waals surface area contributed by atoms with Gasteiger partial charge in [0.25, 0.3) is 0 Å². The van der Waals surface area contributed by atoms with Crippen molar-refractivity contribution in [1.82, 2.24) is 0 Å². The first-order chi connectivity index (χ1) is 7.36. The molecule has 0 saturated carbocycles. The van der Waals surface area contributed by atoms with Crippen LogP contribution in [0.2, 0.25) is 0 Å². The number of hydrogen-bond donors (Lipinski definition) is 1. The van der Waals surface area contributed by atoms with Crippen LogP contribution in [0.4, 0.5) is 5.69 Å². The number of thiocarbonyl (C=S) groups is 1. The predicted octanol–water partition coefficient (Wildman–Crippen LogP) is 3.55. The second-order valence-corrected chi connectivity index (χ2v) is 3.26. The monoisotopic (exact) mass is 215 g/mol. The fourth-order valence-electron chi connectivity index (χ4n) is 1.54. The van der Waals surface area contributed by atoms with Crippen LogP contribution < -0.4 is 5.01 Å². The summed E-state index contributed by atoms with van der Waals surface area (Å²) in [5.74, 6) is 0. The van der Waals surface area contributed by atoms with E-state index in [-0.39, 0.29) is 0 Å². The van der Waals surface area contributed by atoms with Crippen LogP contribution in [0.5, 0.6) is 0 Å². The van der Waals surface area contributed by atoms with E-state index in [4.69, 9.17) is 17.7 Å². The highest BCUT2D eigenvalue weighted by Crippen LogP contribution is 2.25. The van der Waals surface area contributed by atoms with Gasteiger partial charge in [0.15, 0.2) is 0 Å². The lowest BCUT2D eigenvalue weighted by Gasteiger charge is -2.12. The van der Waals surface area contributed by atoms with Crippen LogP contribution >= 0.6 is 12.2 Å². The Morgan fingerprint density at radius 3 is 2.60 bits per heavy atom. The lowest BCUT2D eigenvalue weighted by molar-refractivity contribution is 0.967. The molecular formula is C11H9N3S. The number of nitrogens with one attached hydrogen (secondary N) is 1. The van der Waals surface area contributed by atoms with Crippen molar-refractivity contribution < 1.29 is 0 Å². The molecule has 0 aliphatic rings. The lowest BCUT2D eigenvalue weighted by atomic mass is 10.1. The summed E-state index contributed by atoms with van der Waals surface area (Å²) >= 11 is 4.80. The summed E-state index contributed by atoms with van der Waals surface area (Å²) in [6.07, 6.45) is 0. The van der Waals surface area contributed by atoms with Crippen LogP contribution in [-0.4, -0.2) is 5.49 Å². The minimum absolute atomic E-state index is 0.832. The maximum absolute atomic E-state index is 7.03. The van der Waals surface area contributed by atoms with E-state index >= 15 is 0 Å². The Balaban J connectivity index is 2.69. The lowest BCUT2D eigenvalue weighted by Crippen LogP contribution is -2.10. The van der Waals surface area contributed by atoms with Gasteiger partial charge in [-0.05, 0) is 11.5 Å². The highest BCUT2D eigenvalue weighted by atomic mass is 32.1. The van der Waals surface area contributed by atoms with Gasteiger partial charge in [-0.15, -0.1) is 0 Å². The molecule has 74 valence electrons. The Morgan fingerprint density at radius 2 is 1.87 bits per heavy atom. The molecule has 4 heteroatoms. The van der Waals surface area contributed by atoms with E-state index in [9.17, 15) is 0 Å². The number of rotatable bonds is 3. The molecule has 0 spiro atoms. The molecule has 15 heavy (non-hydrogen) atoms. The molecular weight excluding hydrogens is 206 g/mol. The summed E-state index contributed by atoms with van der Waals surface area (Å²) in [7, 11) is 0. The second-order valence-electron chi connectivity index (χ2n) is 3.05. The Morgan fingerprint density at radius 1 is 1.13 bits per heavy atom. The van der Waals surface area contributed by atoms with Crippen molar-refractivity contribution in [2.45, 2.75) is 0 Å². The van der Waals surface area contributed by atoms with E-state index in [0.29, 0.717) is 0 Å². The van der Waals surface area contributed by atoms with E-state index in [1.54, 1.807) is 0 Å². The molecule has 2 aromatic carbocycles. The smallest absolute Gasteiger partial charge is 0.0937 e. The molecule has 0 unspecified atom stereocenters. The van der Waals surface area contributed by atoms with Gasteiger partial charge in [0, 0.05) is 5.39 Å². The van der Waals surface area contributed by atoms with E-state index in [0.717, 1.165) is 16.5 Å². The SMILES string of the molecule is N=NN(C=S)c1cccc2ccccc12. The van der Waals surface area contributed by atoms with Crippen LogP contribution in [0.1, 0.15) is 0 Å². The third-order valence-corrected chi connectivity index (χ3v) is 2.42. The predicted molar refractivity (Wildman–Crippen MR) is 65.2 cm³/mol. The van der Waals surface area contributed by atoms with E-state index in [1.807, 2.05) is 42.5 Å². The molecule has 0 bridgehead atoms. The largest absolute Gasteiger partial charge is 0.212 e. The van der Waals surface area contributed by atoms with E-state index in [1.165, 1.54) is 10.5 Å². The van der Waals surface area contributed by atoms with E-state index < -0.39 is 0 Å². The second kappa shape index (κ2) is 4.14. The first-order valence-corrected chi connectivity index (χ1v) is 4.93. The van der Waals surface area contributed by atoms with Gasteiger partial charge in [-0.25, -0.2) is 5.01 Å². The zero-order chi connectivity index (χ0) is 10.7. The van der Waals surface area contributed by atoms with Crippen LogP contribution in [0.15, 0.2) is 47.7 Å². The molecule has 0 saturated heterocycles. The molecule has 0 aromatic heterocycles. The number of nitrogens with zero attached hydrogens (tertiary/aromatic N) is 2. The van der Waals surface area contributed by atoms with Gasteiger partial charge >= 0.3 is 0 Å². The average Bonchev–Trinajstić information content (AvgIpc) is 2.31. The van der Waals surface area contributed by atoms with Gasteiger partial charge in [0.2, 0.25) is 0 Å². The minimum Gasteiger partial charge on any atom is -0.212 e. The number of hydrogen-bond acceptors (Lipinski definition) is 3. The molecule has 0 atom stereocenters. The van der Waals surface area contributed by atoms with Crippen LogP contribution in [-0.2, 0) is 0 Å². The van der Waals surface area contributed by atoms with Crippen LogP contribution in [0.3, 0.4) is 0 Å². The maximum atomic E-state index is 7.03. The average molecular weight is 215 g/mol. The first-order valence-electron chi connectivity index (χ1n) is 4.46. The van der Waals surface area contributed by atoms with Gasteiger partial charge in [-0.1, -0.05) is 53.8 Å². The highest BCUT2D eigenvalue weighted by molar-refractivity contribution is 7.79. The van der Waals surface area contributed by atoms with Gasteiger partial charge in [-0.3, -0.25) is 0 Å². The zero-order valence-electron chi connectivity index (χ0n) is 7.92. The Kier molecular flexibility index (Phi) is 2.69. The van der Waals surface area contributed by atoms with Crippen molar-refractivity contribution in [2.24, 2.45) is 5.22 Å². The summed E-state index contributed by atoms with van der Waals surface area (Å²) in [5.41, 5.74) is 9.21. The third kappa shape index (κ3) is 1.71. The molecule has 0 aliphatic carbocycles. The quantitative estimate of drug-likeness (QED) is 0.483. The summed E-state index contributed by atoms with van der Waals surface area (Å²) < 4.78 is 0. The molecule has 0 amide bonds. The molecule has 0 fully saturated rings.